The van der Waals surface area contributed by atoms with Crippen molar-refractivity contribution < 1.29 is 4.79 Å². The van der Waals surface area contributed by atoms with Gasteiger partial charge in [-0.3, -0.25) is 4.79 Å². The van der Waals surface area contributed by atoms with Gasteiger partial charge in [0.25, 0.3) is 5.91 Å². The maximum Gasteiger partial charge on any atom is 0.251 e. The average Bonchev–Trinajstić information content (AvgIpc) is 3.31. The number of nitrogens with one attached hydrogen (secondary N) is 1. The van der Waals surface area contributed by atoms with E-state index in [0.29, 0.717) is 17.9 Å². The summed E-state index contributed by atoms with van der Waals surface area (Å²) in [6, 6.07) is 9.61. The smallest absolute Gasteiger partial charge is 0.251 e. The van der Waals surface area contributed by atoms with Crippen LogP contribution in [0.5, 0.6) is 0 Å². The molecule has 1 aromatic heterocycles. The van der Waals surface area contributed by atoms with E-state index in [1.807, 2.05) is 24.3 Å². The normalized spacial score (nSPS) is 14.1. The van der Waals surface area contributed by atoms with Crippen LogP contribution in [-0.4, -0.2) is 15.9 Å². The third-order valence-corrected chi connectivity index (χ3v) is 3.25. The summed E-state index contributed by atoms with van der Waals surface area (Å²) in [6.07, 6.45) is 5.88. The predicted octanol–water partition coefficient (Wildman–Crippen LogP) is 2.28. The van der Waals surface area contributed by atoms with Gasteiger partial charge in [0, 0.05) is 18.0 Å². The molecule has 1 aliphatic carbocycles. The summed E-state index contributed by atoms with van der Waals surface area (Å²) in [5.74, 6) is 1.25. The molecule has 2 aromatic rings. The fourth-order valence-electron chi connectivity index (χ4n) is 2.01. The summed E-state index contributed by atoms with van der Waals surface area (Å²) in [7, 11) is 0. The van der Waals surface area contributed by atoms with Crippen LogP contribution in [0.3, 0.4) is 0 Å². The number of aromatic nitrogens is 2. The third-order valence-electron chi connectivity index (χ3n) is 3.25. The molecule has 19 heavy (non-hydrogen) atoms. The fourth-order valence-corrected chi connectivity index (χ4v) is 2.01. The van der Waals surface area contributed by atoms with E-state index in [2.05, 4.69) is 15.3 Å². The molecule has 0 radical (unpaired) electrons. The molecular weight excluding hydrogens is 238 g/mol. The van der Waals surface area contributed by atoms with Crippen molar-refractivity contribution in [3.63, 3.8) is 0 Å². The molecule has 1 saturated carbocycles. The summed E-state index contributed by atoms with van der Waals surface area (Å²) in [5, 5.41) is 2.82. The SMILES string of the molecule is O=C(NCc1ncccn1)c1ccc(C2CC2)cc1. The lowest BCUT2D eigenvalue weighted by Crippen LogP contribution is -2.23. The first-order valence-electron chi connectivity index (χ1n) is 6.47. The number of amides is 1. The summed E-state index contributed by atoms with van der Waals surface area (Å²) >= 11 is 0. The van der Waals surface area contributed by atoms with Gasteiger partial charge < -0.3 is 5.32 Å². The highest BCUT2D eigenvalue weighted by Crippen LogP contribution is 2.39. The Labute approximate surface area is 111 Å². The number of nitrogens with zero attached hydrogens (tertiary/aromatic N) is 2. The van der Waals surface area contributed by atoms with Gasteiger partial charge in [-0.05, 0) is 42.5 Å². The molecule has 0 unspecified atom stereocenters. The summed E-state index contributed by atoms with van der Waals surface area (Å²) in [4.78, 5) is 20.1. The van der Waals surface area contributed by atoms with Crippen LogP contribution >= 0.6 is 0 Å². The second-order valence-corrected chi connectivity index (χ2v) is 4.74. The zero-order chi connectivity index (χ0) is 13.1. The highest BCUT2D eigenvalue weighted by Gasteiger charge is 2.23. The van der Waals surface area contributed by atoms with E-state index in [-0.39, 0.29) is 5.91 Å². The van der Waals surface area contributed by atoms with E-state index in [9.17, 15) is 4.79 Å². The van der Waals surface area contributed by atoms with Crippen LogP contribution in [0.25, 0.3) is 0 Å². The topological polar surface area (TPSA) is 54.9 Å². The van der Waals surface area contributed by atoms with Gasteiger partial charge in [-0.1, -0.05) is 12.1 Å². The molecule has 1 amide bonds. The number of carbonyl (C=O) groups is 1. The van der Waals surface area contributed by atoms with Crippen molar-refractivity contribution in [3.05, 3.63) is 59.7 Å². The molecule has 0 atom stereocenters. The molecular formula is C15H15N3O. The first-order valence-corrected chi connectivity index (χ1v) is 6.47. The van der Waals surface area contributed by atoms with Crippen molar-refractivity contribution in [3.8, 4) is 0 Å². The van der Waals surface area contributed by atoms with E-state index in [0.717, 1.165) is 5.92 Å². The van der Waals surface area contributed by atoms with Gasteiger partial charge in [-0.25, -0.2) is 9.97 Å². The number of carbonyl (C=O) groups excluding carboxylic acids is 1. The van der Waals surface area contributed by atoms with Crippen LogP contribution in [0.2, 0.25) is 0 Å². The standard InChI is InChI=1S/C15H15N3O/c19-15(18-10-14-16-8-1-9-17-14)13-6-4-12(5-7-13)11-2-3-11/h1,4-9,11H,2-3,10H2,(H,18,19). The van der Waals surface area contributed by atoms with Gasteiger partial charge in [0.2, 0.25) is 0 Å². The van der Waals surface area contributed by atoms with Crippen molar-refractivity contribution in [2.45, 2.75) is 25.3 Å². The zero-order valence-corrected chi connectivity index (χ0v) is 10.5. The van der Waals surface area contributed by atoms with E-state index in [1.54, 1.807) is 18.5 Å². The molecule has 0 spiro atoms. The predicted molar refractivity (Wildman–Crippen MR) is 71.6 cm³/mol. The van der Waals surface area contributed by atoms with Gasteiger partial charge in [-0.2, -0.15) is 0 Å². The van der Waals surface area contributed by atoms with Gasteiger partial charge >= 0.3 is 0 Å². The lowest BCUT2D eigenvalue weighted by molar-refractivity contribution is 0.0950. The molecule has 4 nitrogen and oxygen atoms in total. The van der Waals surface area contributed by atoms with E-state index >= 15 is 0 Å². The summed E-state index contributed by atoms with van der Waals surface area (Å²) in [5.41, 5.74) is 2.02. The first kappa shape index (κ1) is 11.8. The van der Waals surface area contributed by atoms with Gasteiger partial charge in [-0.15, -0.1) is 0 Å². The van der Waals surface area contributed by atoms with Crippen molar-refractivity contribution >= 4 is 5.91 Å². The minimum absolute atomic E-state index is 0.0881. The number of hydrogen-bond donors (Lipinski definition) is 1. The monoisotopic (exact) mass is 253 g/mol. The first-order chi connectivity index (χ1) is 9.33. The van der Waals surface area contributed by atoms with Crippen LogP contribution in [-0.2, 0) is 6.54 Å². The maximum absolute atomic E-state index is 11.9. The van der Waals surface area contributed by atoms with Crippen molar-refractivity contribution in [1.82, 2.24) is 15.3 Å². The summed E-state index contributed by atoms with van der Waals surface area (Å²) < 4.78 is 0. The highest BCUT2D eigenvalue weighted by atomic mass is 16.1. The Morgan fingerprint density at radius 2 is 1.84 bits per heavy atom. The van der Waals surface area contributed by atoms with Gasteiger partial charge in [0.15, 0.2) is 0 Å². The average molecular weight is 253 g/mol. The number of benzene rings is 1. The van der Waals surface area contributed by atoms with E-state index in [1.165, 1.54) is 18.4 Å². The Hall–Kier alpha value is -2.23. The molecule has 1 aliphatic rings. The molecule has 1 heterocycles. The fraction of sp³-hybridized carbons (Fsp3) is 0.267. The Balaban J connectivity index is 1.60. The molecule has 1 fully saturated rings. The zero-order valence-electron chi connectivity index (χ0n) is 10.5. The number of rotatable bonds is 4. The lowest BCUT2D eigenvalue weighted by atomic mass is 10.1. The Morgan fingerprint density at radius 1 is 1.16 bits per heavy atom. The minimum atomic E-state index is -0.0881. The molecule has 3 rings (SSSR count). The van der Waals surface area contributed by atoms with Crippen molar-refractivity contribution in [2.24, 2.45) is 0 Å². The maximum atomic E-state index is 11.9. The molecule has 0 saturated heterocycles. The van der Waals surface area contributed by atoms with Crippen LogP contribution in [0.15, 0.2) is 42.7 Å². The summed E-state index contributed by atoms with van der Waals surface area (Å²) in [6.45, 7) is 0.351. The Bertz CT molecular complexity index is 562. The van der Waals surface area contributed by atoms with Crippen LogP contribution < -0.4 is 5.32 Å². The number of hydrogen-bond acceptors (Lipinski definition) is 3. The molecule has 1 aromatic carbocycles. The third kappa shape index (κ3) is 2.96. The van der Waals surface area contributed by atoms with Gasteiger partial charge in [0.05, 0.1) is 6.54 Å². The molecule has 96 valence electrons. The van der Waals surface area contributed by atoms with Crippen LogP contribution in [0, 0.1) is 0 Å². The van der Waals surface area contributed by atoms with E-state index < -0.39 is 0 Å². The molecule has 0 aliphatic heterocycles. The van der Waals surface area contributed by atoms with Crippen molar-refractivity contribution in [2.75, 3.05) is 0 Å². The van der Waals surface area contributed by atoms with E-state index in [4.69, 9.17) is 0 Å². The molecule has 4 heteroatoms. The van der Waals surface area contributed by atoms with Crippen LogP contribution in [0.4, 0.5) is 0 Å². The Kier molecular flexibility index (Phi) is 3.23. The van der Waals surface area contributed by atoms with Gasteiger partial charge in [0.1, 0.15) is 5.82 Å². The highest BCUT2D eigenvalue weighted by molar-refractivity contribution is 5.94. The van der Waals surface area contributed by atoms with Crippen molar-refractivity contribution in [1.29, 1.82) is 0 Å². The minimum Gasteiger partial charge on any atom is -0.345 e. The lowest BCUT2D eigenvalue weighted by Gasteiger charge is -2.05. The Morgan fingerprint density at radius 3 is 2.47 bits per heavy atom. The molecule has 1 N–H and O–H groups in total. The quantitative estimate of drug-likeness (QED) is 0.909. The molecule has 0 bridgehead atoms. The second-order valence-electron chi connectivity index (χ2n) is 4.74. The second kappa shape index (κ2) is 5.18. The van der Waals surface area contributed by atoms with Crippen LogP contribution in [0.1, 0.15) is 40.5 Å². The largest absolute Gasteiger partial charge is 0.345 e.